The number of aryl methyl sites for hydroxylation is 2. The molecule has 2 N–H and O–H groups in total. The summed E-state index contributed by atoms with van der Waals surface area (Å²) in [4.78, 5) is 25.1. The highest BCUT2D eigenvalue weighted by molar-refractivity contribution is 7.99. The van der Waals surface area contributed by atoms with Gasteiger partial charge in [0.25, 0.3) is 0 Å². The monoisotopic (exact) mass is 465 g/mol. The normalized spacial score (nSPS) is 11.0. The van der Waals surface area contributed by atoms with Crippen LogP contribution in [0.2, 0.25) is 0 Å². The largest absolute Gasteiger partial charge is 0.326 e. The number of carbonyl (C=O) groups is 2. The molecular formula is C25H31N5O2S. The number of anilines is 2. The van der Waals surface area contributed by atoms with Crippen LogP contribution in [0.3, 0.4) is 0 Å². The van der Waals surface area contributed by atoms with Crippen LogP contribution in [0.5, 0.6) is 0 Å². The zero-order valence-corrected chi connectivity index (χ0v) is 20.6. The first-order chi connectivity index (χ1) is 15.8. The Kier molecular flexibility index (Phi) is 8.27. The van der Waals surface area contributed by atoms with Gasteiger partial charge in [-0.15, -0.1) is 10.2 Å². The van der Waals surface area contributed by atoms with Gasteiger partial charge in [0.1, 0.15) is 5.82 Å². The van der Waals surface area contributed by atoms with Crippen LogP contribution in [0.4, 0.5) is 11.4 Å². The number of thioether (sulfide) groups is 1. The van der Waals surface area contributed by atoms with E-state index in [1.165, 1.54) is 17.3 Å². The lowest BCUT2D eigenvalue weighted by molar-refractivity contribution is -0.116. The van der Waals surface area contributed by atoms with E-state index in [0.717, 1.165) is 22.5 Å². The van der Waals surface area contributed by atoms with Crippen LogP contribution in [0.1, 0.15) is 49.2 Å². The first-order valence-corrected chi connectivity index (χ1v) is 12.1. The van der Waals surface area contributed by atoms with Crippen LogP contribution in [0.25, 0.3) is 0 Å². The average molecular weight is 466 g/mol. The summed E-state index contributed by atoms with van der Waals surface area (Å²) in [5.41, 5.74) is 5.00. The second-order valence-electron chi connectivity index (χ2n) is 8.25. The molecule has 0 aliphatic heterocycles. The van der Waals surface area contributed by atoms with Crippen molar-refractivity contribution in [1.29, 1.82) is 0 Å². The predicted octanol–water partition coefficient (Wildman–Crippen LogP) is 4.95. The Morgan fingerprint density at radius 1 is 1.00 bits per heavy atom. The summed E-state index contributed by atoms with van der Waals surface area (Å²) >= 11 is 1.31. The first kappa shape index (κ1) is 24.5. The minimum absolute atomic E-state index is 0.104. The molecule has 7 nitrogen and oxygen atoms in total. The van der Waals surface area contributed by atoms with Gasteiger partial charge in [-0.25, -0.2) is 0 Å². The molecule has 2 amide bonds. The molecule has 0 radical (unpaired) electrons. The van der Waals surface area contributed by atoms with Gasteiger partial charge in [-0.3, -0.25) is 9.59 Å². The third kappa shape index (κ3) is 6.44. The second kappa shape index (κ2) is 11.1. The Bertz CT molecular complexity index is 1140. The molecule has 3 aromatic rings. The Morgan fingerprint density at radius 3 is 2.45 bits per heavy atom. The molecule has 174 valence electrons. The number of hydrogen-bond acceptors (Lipinski definition) is 5. The molecule has 1 heterocycles. The van der Waals surface area contributed by atoms with Gasteiger partial charge in [0.05, 0.1) is 12.2 Å². The molecule has 3 rings (SSSR count). The number of para-hydroxylation sites is 1. The van der Waals surface area contributed by atoms with Crippen molar-refractivity contribution < 1.29 is 9.59 Å². The van der Waals surface area contributed by atoms with Crippen LogP contribution in [0, 0.1) is 13.8 Å². The minimum Gasteiger partial charge on any atom is -0.326 e. The zero-order chi connectivity index (χ0) is 24.0. The van der Waals surface area contributed by atoms with E-state index in [1.807, 2.05) is 67.8 Å². The lowest BCUT2D eigenvalue weighted by Gasteiger charge is -2.13. The van der Waals surface area contributed by atoms with E-state index in [2.05, 4.69) is 34.7 Å². The van der Waals surface area contributed by atoms with Gasteiger partial charge in [0.15, 0.2) is 5.16 Å². The van der Waals surface area contributed by atoms with Gasteiger partial charge in [-0.2, -0.15) is 0 Å². The molecule has 0 aliphatic rings. The van der Waals surface area contributed by atoms with Crippen molar-refractivity contribution in [2.24, 2.45) is 0 Å². The van der Waals surface area contributed by atoms with Crippen LogP contribution in [-0.4, -0.2) is 32.3 Å². The molecule has 0 unspecified atom stereocenters. The van der Waals surface area contributed by atoms with Crippen molar-refractivity contribution in [2.45, 2.75) is 58.7 Å². The molecule has 0 saturated heterocycles. The highest BCUT2D eigenvalue weighted by Crippen LogP contribution is 2.24. The van der Waals surface area contributed by atoms with Crippen molar-refractivity contribution in [3.8, 4) is 0 Å². The lowest BCUT2D eigenvalue weighted by Crippen LogP contribution is -2.18. The van der Waals surface area contributed by atoms with E-state index >= 15 is 0 Å². The SMILES string of the molecule is CCn1c(CC(=O)Nc2ccc(C)c(C)c2)nnc1SCC(=O)Nc1ccccc1C(C)C. The molecule has 0 atom stereocenters. The lowest BCUT2D eigenvalue weighted by atomic mass is 10.0. The van der Waals surface area contributed by atoms with E-state index < -0.39 is 0 Å². The van der Waals surface area contributed by atoms with Crippen LogP contribution < -0.4 is 10.6 Å². The molecule has 8 heteroatoms. The van der Waals surface area contributed by atoms with E-state index in [0.29, 0.717) is 23.4 Å². The van der Waals surface area contributed by atoms with Crippen molar-refractivity contribution in [3.05, 3.63) is 65.0 Å². The van der Waals surface area contributed by atoms with Crippen molar-refractivity contribution in [3.63, 3.8) is 0 Å². The average Bonchev–Trinajstić information content (AvgIpc) is 3.16. The fourth-order valence-electron chi connectivity index (χ4n) is 3.47. The molecule has 0 saturated carbocycles. The molecule has 0 bridgehead atoms. The summed E-state index contributed by atoms with van der Waals surface area (Å²) in [6, 6.07) is 13.7. The van der Waals surface area contributed by atoms with Gasteiger partial charge in [-0.1, -0.05) is 49.9 Å². The summed E-state index contributed by atoms with van der Waals surface area (Å²) in [6.45, 7) is 10.8. The minimum atomic E-state index is -0.153. The third-order valence-electron chi connectivity index (χ3n) is 5.41. The van der Waals surface area contributed by atoms with E-state index in [9.17, 15) is 9.59 Å². The number of hydrogen-bond donors (Lipinski definition) is 2. The molecule has 0 spiro atoms. The van der Waals surface area contributed by atoms with Gasteiger partial charge < -0.3 is 15.2 Å². The summed E-state index contributed by atoms with van der Waals surface area (Å²) in [6.07, 6.45) is 0.113. The first-order valence-electron chi connectivity index (χ1n) is 11.1. The predicted molar refractivity (Wildman–Crippen MR) is 134 cm³/mol. The van der Waals surface area contributed by atoms with Crippen molar-refractivity contribution in [1.82, 2.24) is 14.8 Å². The number of rotatable bonds is 9. The van der Waals surface area contributed by atoms with E-state index in [-0.39, 0.29) is 24.0 Å². The van der Waals surface area contributed by atoms with Crippen LogP contribution in [0.15, 0.2) is 47.6 Å². The quantitative estimate of drug-likeness (QED) is 0.437. The Labute approximate surface area is 199 Å². The summed E-state index contributed by atoms with van der Waals surface area (Å²) < 4.78 is 1.87. The Balaban J connectivity index is 1.60. The molecular weight excluding hydrogens is 434 g/mol. The maximum Gasteiger partial charge on any atom is 0.234 e. The van der Waals surface area contributed by atoms with Crippen molar-refractivity contribution >= 4 is 35.0 Å². The Morgan fingerprint density at radius 2 is 1.76 bits per heavy atom. The van der Waals surface area contributed by atoms with Crippen LogP contribution >= 0.6 is 11.8 Å². The second-order valence-corrected chi connectivity index (χ2v) is 9.19. The summed E-state index contributed by atoms with van der Waals surface area (Å²) in [7, 11) is 0. The maximum atomic E-state index is 12.5. The molecule has 0 aliphatic carbocycles. The summed E-state index contributed by atoms with van der Waals surface area (Å²) in [5, 5.41) is 14.9. The highest BCUT2D eigenvalue weighted by Gasteiger charge is 2.17. The highest BCUT2D eigenvalue weighted by atomic mass is 32.2. The molecule has 2 aromatic carbocycles. The molecule has 1 aromatic heterocycles. The van der Waals surface area contributed by atoms with Crippen LogP contribution in [-0.2, 0) is 22.6 Å². The van der Waals surface area contributed by atoms with E-state index in [1.54, 1.807) is 0 Å². The van der Waals surface area contributed by atoms with Crippen molar-refractivity contribution in [2.75, 3.05) is 16.4 Å². The molecule has 33 heavy (non-hydrogen) atoms. The number of nitrogens with zero attached hydrogens (tertiary/aromatic N) is 3. The zero-order valence-electron chi connectivity index (χ0n) is 19.8. The number of amides is 2. The topological polar surface area (TPSA) is 88.9 Å². The Hall–Kier alpha value is -3.13. The number of carbonyl (C=O) groups excluding carboxylic acids is 2. The number of nitrogens with one attached hydrogen (secondary N) is 2. The van der Waals surface area contributed by atoms with Gasteiger partial charge in [0, 0.05) is 17.9 Å². The fourth-order valence-corrected chi connectivity index (χ4v) is 4.29. The summed E-state index contributed by atoms with van der Waals surface area (Å²) in [5.74, 6) is 0.842. The van der Waals surface area contributed by atoms with Gasteiger partial charge in [0.2, 0.25) is 11.8 Å². The molecule has 0 fully saturated rings. The fraction of sp³-hybridized carbons (Fsp3) is 0.360. The smallest absolute Gasteiger partial charge is 0.234 e. The number of aromatic nitrogens is 3. The number of benzene rings is 2. The standard InChI is InChI=1S/C25H31N5O2S/c1-6-30-22(14-23(31)26-19-12-11-17(4)18(5)13-19)28-29-25(30)33-15-24(32)27-21-10-8-7-9-20(21)16(2)3/h7-13,16H,6,14-15H2,1-5H3,(H,26,31)(H,27,32). The third-order valence-corrected chi connectivity index (χ3v) is 6.38. The van der Waals surface area contributed by atoms with E-state index in [4.69, 9.17) is 0 Å². The maximum absolute atomic E-state index is 12.5. The van der Waals surface area contributed by atoms with Gasteiger partial charge in [-0.05, 0) is 61.6 Å². The van der Waals surface area contributed by atoms with Gasteiger partial charge >= 0.3 is 0 Å².